The summed E-state index contributed by atoms with van der Waals surface area (Å²) in [6.45, 7) is 2.82. The number of allylic oxidation sites excluding steroid dienone is 4. The SMILES string of the molecule is CCCCCCCC/C=C\CCCCCCCC(=O)OC[C@H](COP(=O)(O)OCC(O)COC(=O)[C@@H](N)CCCCN)OC(=O)CCCCCCC/C=C\CCCCCCCC. The second-order valence-electron chi connectivity index (χ2n) is 16.7. The van der Waals surface area contributed by atoms with Crippen LogP contribution in [0, 0.1) is 0 Å². The van der Waals surface area contributed by atoms with Crippen LogP contribution in [0.4, 0.5) is 0 Å². The molecule has 0 saturated heterocycles. The molecule has 62 heavy (non-hydrogen) atoms. The molecule has 0 bridgehead atoms. The van der Waals surface area contributed by atoms with E-state index in [-0.39, 0.29) is 19.4 Å². The van der Waals surface area contributed by atoms with E-state index in [9.17, 15) is 28.9 Å². The van der Waals surface area contributed by atoms with E-state index in [2.05, 4.69) is 38.2 Å². The molecule has 0 aliphatic rings. The lowest BCUT2D eigenvalue weighted by molar-refractivity contribution is -0.161. The number of ether oxygens (including phenoxy) is 3. The predicted molar refractivity (Wildman–Crippen MR) is 249 cm³/mol. The maximum Gasteiger partial charge on any atom is 0.472 e. The summed E-state index contributed by atoms with van der Waals surface area (Å²) < 4.78 is 38.5. The fourth-order valence-corrected chi connectivity index (χ4v) is 7.44. The predicted octanol–water partition coefficient (Wildman–Crippen LogP) is 11.0. The van der Waals surface area contributed by atoms with Gasteiger partial charge in [-0.1, -0.05) is 147 Å². The minimum absolute atomic E-state index is 0.145. The van der Waals surface area contributed by atoms with Gasteiger partial charge in [-0.3, -0.25) is 23.4 Å². The summed E-state index contributed by atoms with van der Waals surface area (Å²) >= 11 is 0. The molecule has 0 amide bonds. The molecule has 4 atom stereocenters. The van der Waals surface area contributed by atoms with Crippen molar-refractivity contribution in [3.63, 3.8) is 0 Å². The second kappa shape index (κ2) is 44.1. The zero-order valence-electron chi connectivity index (χ0n) is 39.2. The van der Waals surface area contributed by atoms with Crippen molar-refractivity contribution in [3.8, 4) is 0 Å². The monoisotopic (exact) mass is 903 g/mol. The molecular formula is C48H91N2O11P. The minimum Gasteiger partial charge on any atom is -0.462 e. The van der Waals surface area contributed by atoms with E-state index < -0.39 is 63.8 Å². The third-order valence-corrected chi connectivity index (χ3v) is 11.5. The first-order chi connectivity index (χ1) is 30.0. The lowest BCUT2D eigenvalue weighted by Gasteiger charge is -2.20. The van der Waals surface area contributed by atoms with E-state index in [0.717, 1.165) is 77.0 Å². The van der Waals surface area contributed by atoms with Crippen molar-refractivity contribution in [1.29, 1.82) is 0 Å². The third kappa shape index (κ3) is 41.9. The van der Waals surface area contributed by atoms with Crippen molar-refractivity contribution in [2.45, 2.75) is 231 Å². The van der Waals surface area contributed by atoms with Gasteiger partial charge >= 0.3 is 25.7 Å². The molecule has 13 nitrogen and oxygen atoms in total. The van der Waals surface area contributed by atoms with Crippen LogP contribution in [0.25, 0.3) is 0 Å². The van der Waals surface area contributed by atoms with Crippen LogP contribution in [-0.2, 0) is 42.2 Å². The largest absolute Gasteiger partial charge is 0.472 e. The highest BCUT2D eigenvalue weighted by Crippen LogP contribution is 2.43. The molecule has 0 aliphatic carbocycles. The molecular weight excluding hydrogens is 812 g/mol. The van der Waals surface area contributed by atoms with E-state index in [1.165, 1.54) is 77.0 Å². The van der Waals surface area contributed by atoms with Crippen molar-refractivity contribution >= 4 is 25.7 Å². The Morgan fingerprint density at radius 2 is 0.984 bits per heavy atom. The van der Waals surface area contributed by atoms with Crippen molar-refractivity contribution in [2.75, 3.05) is 33.0 Å². The zero-order chi connectivity index (χ0) is 45.8. The number of carbonyl (C=O) groups excluding carboxylic acids is 3. The van der Waals surface area contributed by atoms with Crippen LogP contribution in [0.15, 0.2) is 24.3 Å². The summed E-state index contributed by atoms with van der Waals surface area (Å²) in [7, 11) is -4.75. The zero-order valence-corrected chi connectivity index (χ0v) is 40.1. The topological polar surface area (TPSA) is 207 Å². The molecule has 6 N–H and O–H groups in total. The Kier molecular flexibility index (Phi) is 42.6. The Morgan fingerprint density at radius 3 is 1.47 bits per heavy atom. The fourth-order valence-electron chi connectivity index (χ4n) is 6.65. The van der Waals surface area contributed by atoms with Crippen molar-refractivity contribution in [3.05, 3.63) is 24.3 Å². The Balaban J connectivity index is 4.68. The lowest BCUT2D eigenvalue weighted by Crippen LogP contribution is -2.35. The van der Waals surface area contributed by atoms with Gasteiger partial charge in [0.2, 0.25) is 0 Å². The molecule has 14 heteroatoms. The number of nitrogens with two attached hydrogens (primary N) is 2. The molecule has 0 saturated carbocycles. The molecule has 2 unspecified atom stereocenters. The Hall–Kier alpha value is -2.12. The molecule has 0 spiro atoms. The van der Waals surface area contributed by atoms with Gasteiger partial charge in [-0.25, -0.2) is 4.57 Å². The maximum atomic E-state index is 12.8. The number of phosphoric acid groups is 1. The molecule has 364 valence electrons. The fraction of sp³-hybridized carbons (Fsp3) is 0.854. The van der Waals surface area contributed by atoms with Crippen molar-refractivity contribution in [1.82, 2.24) is 0 Å². The minimum atomic E-state index is -4.75. The average molecular weight is 903 g/mol. The van der Waals surface area contributed by atoms with Crippen LogP contribution in [-0.4, -0.2) is 79.1 Å². The highest BCUT2D eigenvalue weighted by molar-refractivity contribution is 7.47. The summed E-state index contributed by atoms with van der Waals surface area (Å²) in [4.78, 5) is 47.7. The number of phosphoric ester groups is 1. The average Bonchev–Trinajstić information content (AvgIpc) is 3.25. The second-order valence-corrected chi connectivity index (χ2v) is 18.2. The summed E-state index contributed by atoms with van der Waals surface area (Å²) in [6, 6.07) is -0.880. The third-order valence-electron chi connectivity index (χ3n) is 10.6. The Labute approximate surface area is 376 Å². The highest BCUT2D eigenvalue weighted by Gasteiger charge is 2.28. The van der Waals surface area contributed by atoms with Crippen LogP contribution >= 0.6 is 7.82 Å². The molecule has 0 heterocycles. The lowest BCUT2D eigenvalue weighted by atomic mass is 10.1. The number of rotatable bonds is 46. The number of hydrogen-bond acceptors (Lipinski definition) is 12. The van der Waals surface area contributed by atoms with Gasteiger partial charge in [0.05, 0.1) is 13.2 Å². The Bertz CT molecular complexity index is 1170. The van der Waals surface area contributed by atoms with E-state index in [0.29, 0.717) is 38.6 Å². The van der Waals surface area contributed by atoms with Crippen LogP contribution in [0.3, 0.4) is 0 Å². The summed E-state index contributed by atoms with van der Waals surface area (Å²) in [6.07, 6.45) is 38.3. The van der Waals surface area contributed by atoms with Crippen molar-refractivity contribution < 1.29 is 52.2 Å². The van der Waals surface area contributed by atoms with Gasteiger partial charge < -0.3 is 35.7 Å². The van der Waals surface area contributed by atoms with Gasteiger partial charge in [0.1, 0.15) is 25.4 Å². The van der Waals surface area contributed by atoms with Gasteiger partial charge in [-0.15, -0.1) is 0 Å². The van der Waals surface area contributed by atoms with Gasteiger partial charge in [-0.05, 0) is 83.6 Å². The summed E-state index contributed by atoms with van der Waals surface area (Å²) in [5.74, 6) is -1.71. The van der Waals surface area contributed by atoms with E-state index in [4.69, 9.17) is 34.7 Å². The summed E-state index contributed by atoms with van der Waals surface area (Å²) in [5.41, 5.74) is 11.2. The van der Waals surface area contributed by atoms with Crippen LogP contribution in [0.5, 0.6) is 0 Å². The summed E-state index contributed by atoms with van der Waals surface area (Å²) in [5, 5.41) is 10.2. The van der Waals surface area contributed by atoms with Crippen LogP contribution < -0.4 is 11.5 Å². The normalized spacial score (nSPS) is 14.2. The molecule has 0 fully saturated rings. The Morgan fingerprint density at radius 1 is 0.548 bits per heavy atom. The highest BCUT2D eigenvalue weighted by atomic mass is 31.2. The first-order valence-corrected chi connectivity index (χ1v) is 26.1. The van der Waals surface area contributed by atoms with Gasteiger partial charge in [0.15, 0.2) is 6.10 Å². The van der Waals surface area contributed by atoms with Crippen molar-refractivity contribution in [2.24, 2.45) is 11.5 Å². The van der Waals surface area contributed by atoms with Gasteiger partial charge in [0, 0.05) is 12.8 Å². The number of hydrogen-bond donors (Lipinski definition) is 4. The number of aliphatic hydroxyl groups excluding tert-OH is 1. The smallest absolute Gasteiger partial charge is 0.462 e. The molecule has 0 aromatic rings. The first kappa shape index (κ1) is 59.9. The van der Waals surface area contributed by atoms with Crippen LogP contribution in [0.1, 0.15) is 213 Å². The number of unbranched alkanes of at least 4 members (excludes halogenated alkanes) is 23. The van der Waals surface area contributed by atoms with Crippen LogP contribution in [0.2, 0.25) is 0 Å². The number of esters is 3. The van der Waals surface area contributed by atoms with E-state index in [1.807, 2.05) is 0 Å². The van der Waals surface area contributed by atoms with E-state index >= 15 is 0 Å². The number of carbonyl (C=O) groups is 3. The standard InChI is InChI=1S/C48H91N2O11P/c1-3-5-7-9-11-13-15-17-19-21-23-25-27-29-31-36-46(52)57-41-44(42-60-62(55,56)59-40-43(51)39-58-48(54)45(50)35-33-34-38-49)61-47(53)37-32-30-28-26-24-22-20-18-16-14-12-10-8-6-4-2/h17-20,43-45,51H,3-16,21-42,49-50H2,1-2H3,(H,55,56)/b19-17-,20-18-/t43?,44-,45+/m1/s1. The molecule has 0 rings (SSSR count). The molecule has 0 radical (unpaired) electrons. The molecule has 0 aromatic carbocycles. The quantitative estimate of drug-likeness (QED) is 0.0148. The van der Waals surface area contributed by atoms with Gasteiger partial charge in [-0.2, -0.15) is 0 Å². The molecule has 0 aliphatic heterocycles. The maximum absolute atomic E-state index is 12.8. The van der Waals surface area contributed by atoms with Gasteiger partial charge in [0.25, 0.3) is 0 Å². The van der Waals surface area contributed by atoms with E-state index in [1.54, 1.807) is 0 Å². The molecule has 0 aromatic heterocycles. The first-order valence-electron chi connectivity index (χ1n) is 24.6. The number of aliphatic hydroxyl groups is 1.